The number of fused-ring (bicyclic) bond motifs is 1. The van der Waals surface area contributed by atoms with Crippen molar-refractivity contribution in [3.05, 3.63) is 84.4 Å². The van der Waals surface area contributed by atoms with E-state index < -0.39 is 49.0 Å². The minimum atomic E-state index is -1.02. The largest absolute Gasteiger partial charge is 0.469 e. The van der Waals surface area contributed by atoms with Crippen molar-refractivity contribution in [1.82, 2.24) is 5.32 Å². The van der Waals surface area contributed by atoms with Gasteiger partial charge in [-0.2, -0.15) is 0 Å². The Labute approximate surface area is 245 Å². The molecular formula is C31H37NO10. The lowest BCUT2D eigenvalue weighted by Crippen LogP contribution is -2.67. The van der Waals surface area contributed by atoms with Crippen molar-refractivity contribution in [3.63, 3.8) is 0 Å². The Morgan fingerprint density at radius 2 is 1.74 bits per heavy atom. The highest BCUT2D eigenvalue weighted by Gasteiger charge is 2.53. The van der Waals surface area contributed by atoms with Crippen LogP contribution in [-0.2, 0) is 38.0 Å². The van der Waals surface area contributed by atoms with E-state index in [1.54, 1.807) is 30.3 Å². The Kier molecular flexibility index (Phi) is 11.9. The van der Waals surface area contributed by atoms with Crippen molar-refractivity contribution in [3.8, 4) is 0 Å². The normalized spacial score (nSPS) is 25.0. The lowest BCUT2D eigenvalue weighted by atomic mass is 9.95. The Hall–Kier alpha value is -3.77. The molecule has 1 N–H and O–H groups in total. The molecule has 2 aromatic rings. The lowest BCUT2D eigenvalue weighted by Gasteiger charge is -2.48. The van der Waals surface area contributed by atoms with Gasteiger partial charge in [0, 0.05) is 18.6 Å². The number of rotatable bonds is 13. The predicted octanol–water partition coefficient (Wildman–Crippen LogP) is 4.08. The maximum atomic E-state index is 13.3. The van der Waals surface area contributed by atoms with Crippen LogP contribution in [0.5, 0.6) is 0 Å². The second-order valence-corrected chi connectivity index (χ2v) is 9.77. The van der Waals surface area contributed by atoms with Crippen molar-refractivity contribution in [1.29, 1.82) is 0 Å². The number of amides is 1. The number of alkyl carbamates (subject to hydrolysis) is 1. The third-order valence-corrected chi connectivity index (χ3v) is 6.82. The van der Waals surface area contributed by atoms with Crippen LogP contribution in [0.25, 0.3) is 0 Å². The van der Waals surface area contributed by atoms with Crippen LogP contribution in [0.4, 0.5) is 4.79 Å². The van der Waals surface area contributed by atoms with E-state index in [1.165, 1.54) is 13.2 Å². The van der Waals surface area contributed by atoms with Crippen molar-refractivity contribution in [2.24, 2.45) is 0 Å². The number of esters is 2. The number of benzene rings is 2. The van der Waals surface area contributed by atoms with Crippen molar-refractivity contribution < 1.29 is 47.5 Å². The fraction of sp³-hybridized carbons (Fsp3) is 0.452. The molecule has 226 valence electrons. The molecule has 0 spiro atoms. The summed E-state index contributed by atoms with van der Waals surface area (Å²) in [6, 6.07) is 16.9. The summed E-state index contributed by atoms with van der Waals surface area (Å²) in [5.74, 6) is -0.866. The molecule has 2 saturated heterocycles. The molecule has 6 atom stereocenters. The Morgan fingerprint density at radius 1 is 1.00 bits per heavy atom. The number of unbranched alkanes of at least 4 members (excludes halogenated alkanes) is 2. The topological polar surface area (TPSA) is 128 Å². The van der Waals surface area contributed by atoms with Gasteiger partial charge in [0.15, 0.2) is 18.7 Å². The molecule has 11 heteroatoms. The summed E-state index contributed by atoms with van der Waals surface area (Å²) in [5.41, 5.74) is 1.12. The zero-order chi connectivity index (χ0) is 29.7. The quantitative estimate of drug-likeness (QED) is 0.159. The minimum Gasteiger partial charge on any atom is -0.469 e. The Morgan fingerprint density at radius 3 is 2.45 bits per heavy atom. The van der Waals surface area contributed by atoms with Gasteiger partial charge >= 0.3 is 18.0 Å². The smallest absolute Gasteiger partial charge is 0.407 e. The molecule has 0 radical (unpaired) electrons. The van der Waals surface area contributed by atoms with Crippen LogP contribution in [0, 0.1) is 0 Å². The van der Waals surface area contributed by atoms with Crippen LogP contribution in [0.15, 0.2) is 73.3 Å². The fourth-order valence-corrected chi connectivity index (χ4v) is 4.71. The second-order valence-electron chi connectivity index (χ2n) is 9.77. The molecule has 0 aromatic heterocycles. The van der Waals surface area contributed by atoms with E-state index >= 15 is 0 Å². The zero-order valence-electron chi connectivity index (χ0n) is 23.6. The van der Waals surface area contributed by atoms with E-state index in [1.807, 2.05) is 30.3 Å². The molecule has 2 fully saturated rings. The van der Waals surface area contributed by atoms with Crippen LogP contribution in [0.2, 0.25) is 0 Å². The van der Waals surface area contributed by atoms with Crippen LogP contribution >= 0.6 is 0 Å². The minimum absolute atomic E-state index is 0.0218. The standard InChI is InChI=1S/C31H37NO10/c1-3-18-38-31(35)32-25-27(41-28(34)21-13-7-4-8-14-21)26-23(20-39-29(42-26)22-15-9-5-10-16-22)40-30(25)37-19-12-6-11-17-24(33)36-2/h3-5,7-10,13-16,23,25-27,29-30H,1,6,11-12,17-20H2,2H3,(H,32,35). The van der Waals surface area contributed by atoms with Gasteiger partial charge in [-0.3, -0.25) is 4.79 Å². The first-order valence-electron chi connectivity index (χ1n) is 14.0. The molecule has 2 aliphatic heterocycles. The van der Waals surface area contributed by atoms with E-state index in [2.05, 4.69) is 16.6 Å². The highest BCUT2D eigenvalue weighted by molar-refractivity contribution is 5.89. The molecule has 0 bridgehead atoms. The number of hydrogen-bond donors (Lipinski definition) is 1. The van der Waals surface area contributed by atoms with E-state index in [0.29, 0.717) is 31.2 Å². The second kappa shape index (κ2) is 16.0. The number of methoxy groups -OCH3 is 1. The molecule has 2 aliphatic rings. The number of nitrogens with one attached hydrogen (secondary N) is 1. The summed E-state index contributed by atoms with van der Waals surface area (Å²) >= 11 is 0. The molecule has 42 heavy (non-hydrogen) atoms. The maximum absolute atomic E-state index is 13.3. The van der Waals surface area contributed by atoms with Crippen LogP contribution in [-0.4, -0.2) is 75.6 Å². The van der Waals surface area contributed by atoms with Gasteiger partial charge in [0.25, 0.3) is 0 Å². The first kappa shape index (κ1) is 31.2. The molecule has 0 saturated carbocycles. The molecular weight excluding hydrogens is 546 g/mol. The van der Waals surface area contributed by atoms with Gasteiger partial charge in [-0.25, -0.2) is 9.59 Å². The monoisotopic (exact) mass is 583 g/mol. The Bertz CT molecular complexity index is 1160. The van der Waals surface area contributed by atoms with Crippen LogP contribution < -0.4 is 5.32 Å². The summed E-state index contributed by atoms with van der Waals surface area (Å²) in [6.07, 6.45) is -1.28. The molecule has 4 rings (SSSR count). The first-order valence-corrected chi connectivity index (χ1v) is 14.0. The average Bonchev–Trinajstić information content (AvgIpc) is 3.03. The Balaban J connectivity index is 1.55. The van der Waals surface area contributed by atoms with E-state index in [0.717, 1.165) is 5.56 Å². The van der Waals surface area contributed by atoms with Gasteiger partial charge < -0.3 is 38.5 Å². The van der Waals surface area contributed by atoms with Gasteiger partial charge in [-0.15, -0.1) is 0 Å². The van der Waals surface area contributed by atoms with Crippen molar-refractivity contribution in [2.75, 3.05) is 26.9 Å². The number of ether oxygens (including phenoxy) is 7. The summed E-state index contributed by atoms with van der Waals surface area (Å²) in [7, 11) is 1.36. The SMILES string of the molecule is C=CCOC(=O)NC1C(OCCCCCC(=O)OC)OC2COC(c3ccccc3)OC2C1OC(=O)c1ccccc1. The zero-order valence-corrected chi connectivity index (χ0v) is 23.6. The molecule has 6 unspecified atom stereocenters. The lowest BCUT2D eigenvalue weighted by molar-refractivity contribution is -0.343. The molecule has 2 aromatic carbocycles. The summed E-state index contributed by atoms with van der Waals surface area (Å²) in [6.45, 7) is 3.94. The van der Waals surface area contributed by atoms with E-state index in [4.69, 9.17) is 28.4 Å². The van der Waals surface area contributed by atoms with Gasteiger partial charge in [0.05, 0.1) is 19.3 Å². The maximum Gasteiger partial charge on any atom is 0.407 e. The predicted molar refractivity (Wildman–Crippen MR) is 149 cm³/mol. The van der Waals surface area contributed by atoms with Gasteiger partial charge in [0.2, 0.25) is 0 Å². The van der Waals surface area contributed by atoms with E-state index in [9.17, 15) is 14.4 Å². The first-order chi connectivity index (χ1) is 20.5. The molecule has 2 heterocycles. The van der Waals surface area contributed by atoms with Crippen molar-refractivity contribution in [2.45, 2.75) is 62.6 Å². The fourth-order valence-electron chi connectivity index (χ4n) is 4.71. The summed E-state index contributed by atoms with van der Waals surface area (Å²) in [4.78, 5) is 37.4. The molecule has 1 amide bonds. The summed E-state index contributed by atoms with van der Waals surface area (Å²) in [5, 5.41) is 2.75. The highest BCUT2D eigenvalue weighted by atomic mass is 16.8. The molecule has 11 nitrogen and oxygen atoms in total. The highest BCUT2D eigenvalue weighted by Crippen LogP contribution is 2.36. The molecule has 0 aliphatic carbocycles. The van der Waals surface area contributed by atoms with Gasteiger partial charge in [0.1, 0.15) is 24.9 Å². The third-order valence-electron chi connectivity index (χ3n) is 6.82. The summed E-state index contributed by atoms with van der Waals surface area (Å²) < 4.78 is 40.5. The van der Waals surface area contributed by atoms with E-state index in [-0.39, 0.29) is 25.8 Å². The third kappa shape index (κ3) is 8.62. The van der Waals surface area contributed by atoms with Crippen molar-refractivity contribution >= 4 is 18.0 Å². The van der Waals surface area contributed by atoms with Gasteiger partial charge in [-0.1, -0.05) is 67.6 Å². The van der Waals surface area contributed by atoms with Gasteiger partial charge in [-0.05, 0) is 25.0 Å². The number of carbonyl (C=O) groups excluding carboxylic acids is 3. The number of carbonyl (C=O) groups is 3. The average molecular weight is 584 g/mol. The van der Waals surface area contributed by atoms with Crippen LogP contribution in [0.3, 0.4) is 0 Å². The number of hydrogen-bond acceptors (Lipinski definition) is 10. The van der Waals surface area contributed by atoms with Crippen LogP contribution in [0.1, 0.15) is 47.9 Å².